The molecule has 2 unspecified atom stereocenters. The molecule has 0 heterocycles. The second-order valence-corrected chi connectivity index (χ2v) is 3.98. The van der Waals surface area contributed by atoms with E-state index in [1.165, 1.54) is 32.1 Å². The average molecular weight is 177 g/mol. The molecule has 0 aromatic carbocycles. The molecule has 0 radical (unpaired) electrons. The predicted molar refractivity (Wildman–Crippen MR) is 53.2 cm³/mol. The predicted octanol–water partition coefficient (Wildman–Crippen LogP) is 4.22. The fourth-order valence-electron chi connectivity index (χ4n) is 1.32. The van der Waals surface area contributed by atoms with Crippen molar-refractivity contribution >= 4 is 11.6 Å². The quantitative estimate of drug-likeness (QED) is 0.532. The fraction of sp³-hybridized carbons (Fsp3) is 1.00. The van der Waals surface area contributed by atoms with Gasteiger partial charge in [-0.3, -0.25) is 0 Å². The highest BCUT2D eigenvalue weighted by Crippen LogP contribution is 2.20. The summed E-state index contributed by atoms with van der Waals surface area (Å²) in [6.45, 7) is 6.70. The number of hydrogen-bond donors (Lipinski definition) is 0. The molecule has 0 fully saturated rings. The molecule has 0 N–H and O–H groups in total. The Labute approximate surface area is 76.3 Å². The van der Waals surface area contributed by atoms with Gasteiger partial charge in [-0.1, -0.05) is 40.0 Å². The van der Waals surface area contributed by atoms with Crippen LogP contribution in [0, 0.1) is 5.92 Å². The lowest BCUT2D eigenvalue weighted by molar-refractivity contribution is 0.467. The van der Waals surface area contributed by atoms with Crippen molar-refractivity contribution in [1.82, 2.24) is 0 Å². The van der Waals surface area contributed by atoms with Gasteiger partial charge in [-0.2, -0.15) is 0 Å². The van der Waals surface area contributed by atoms with Crippen molar-refractivity contribution < 1.29 is 0 Å². The Morgan fingerprint density at radius 1 is 1.09 bits per heavy atom. The Hall–Kier alpha value is 0.290. The second kappa shape index (κ2) is 6.97. The molecule has 0 bridgehead atoms. The average Bonchev–Trinajstić information content (AvgIpc) is 2.00. The number of halogens is 1. The van der Waals surface area contributed by atoms with E-state index in [0.717, 1.165) is 0 Å². The molecule has 11 heavy (non-hydrogen) atoms. The normalized spacial score (nSPS) is 16.4. The van der Waals surface area contributed by atoms with Crippen molar-refractivity contribution in [2.75, 3.05) is 0 Å². The number of hydrogen-bond acceptors (Lipinski definition) is 0. The number of unbranched alkanes of at least 4 members (excludes halogenated alkanes) is 1. The standard InChI is InChI=1S/C10H21Cl/c1-4-6-8-10(11)9(3)7-5-2/h9-10H,4-8H2,1-3H3. The van der Waals surface area contributed by atoms with Crippen molar-refractivity contribution in [3.63, 3.8) is 0 Å². The first-order chi connectivity index (χ1) is 5.22. The van der Waals surface area contributed by atoms with Gasteiger partial charge in [0.1, 0.15) is 0 Å². The molecule has 2 atom stereocenters. The van der Waals surface area contributed by atoms with Crippen molar-refractivity contribution in [3.05, 3.63) is 0 Å². The molecule has 0 spiro atoms. The summed E-state index contributed by atoms with van der Waals surface area (Å²) in [4.78, 5) is 0. The number of rotatable bonds is 6. The summed E-state index contributed by atoms with van der Waals surface area (Å²) >= 11 is 6.19. The molecule has 0 amide bonds. The summed E-state index contributed by atoms with van der Waals surface area (Å²) in [5.41, 5.74) is 0. The molecule has 0 aromatic heterocycles. The monoisotopic (exact) mass is 176 g/mol. The first-order valence-electron chi connectivity index (χ1n) is 4.86. The van der Waals surface area contributed by atoms with Crippen LogP contribution in [0.2, 0.25) is 0 Å². The lowest BCUT2D eigenvalue weighted by Crippen LogP contribution is -2.10. The van der Waals surface area contributed by atoms with Gasteiger partial charge in [-0.05, 0) is 18.8 Å². The maximum absolute atomic E-state index is 6.19. The largest absolute Gasteiger partial charge is 0.123 e. The van der Waals surface area contributed by atoms with Crippen LogP contribution in [0.3, 0.4) is 0 Å². The van der Waals surface area contributed by atoms with Crippen LogP contribution in [-0.4, -0.2) is 5.38 Å². The van der Waals surface area contributed by atoms with Gasteiger partial charge in [0.15, 0.2) is 0 Å². The lowest BCUT2D eigenvalue weighted by Gasteiger charge is -2.16. The molecule has 0 aliphatic carbocycles. The highest BCUT2D eigenvalue weighted by molar-refractivity contribution is 6.20. The van der Waals surface area contributed by atoms with Crippen LogP contribution in [0.15, 0.2) is 0 Å². The molecule has 0 aliphatic rings. The maximum Gasteiger partial charge on any atom is 0.0361 e. The van der Waals surface area contributed by atoms with Gasteiger partial charge in [0.05, 0.1) is 0 Å². The van der Waals surface area contributed by atoms with Crippen LogP contribution >= 0.6 is 11.6 Å². The Balaban J connectivity index is 3.38. The Bertz CT molecular complexity index is 80.9. The van der Waals surface area contributed by atoms with Gasteiger partial charge in [-0.25, -0.2) is 0 Å². The van der Waals surface area contributed by atoms with Gasteiger partial charge in [-0.15, -0.1) is 11.6 Å². The van der Waals surface area contributed by atoms with Gasteiger partial charge in [0.2, 0.25) is 0 Å². The van der Waals surface area contributed by atoms with E-state index < -0.39 is 0 Å². The van der Waals surface area contributed by atoms with E-state index in [0.29, 0.717) is 11.3 Å². The molecular formula is C10H21Cl. The van der Waals surface area contributed by atoms with Crippen molar-refractivity contribution in [3.8, 4) is 0 Å². The molecule has 0 aliphatic heterocycles. The maximum atomic E-state index is 6.19. The Morgan fingerprint density at radius 2 is 1.73 bits per heavy atom. The summed E-state index contributed by atoms with van der Waals surface area (Å²) in [6.07, 6.45) is 6.28. The summed E-state index contributed by atoms with van der Waals surface area (Å²) in [7, 11) is 0. The first kappa shape index (κ1) is 11.3. The highest BCUT2D eigenvalue weighted by atomic mass is 35.5. The minimum absolute atomic E-state index is 0.412. The van der Waals surface area contributed by atoms with Crippen LogP contribution in [0.1, 0.15) is 52.9 Å². The zero-order valence-electron chi connectivity index (χ0n) is 8.07. The molecule has 0 saturated carbocycles. The van der Waals surface area contributed by atoms with Crippen LogP contribution in [-0.2, 0) is 0 Å². The Morgan fingerprint density at radius 3 is 2.18 bits per heavy atom. The summed E-state index contributed by atoms with van der Waals surface area (Å²) in [5, 5.41) is 0.412. The zero-order valence-corrected chi connectivity index (χ0v) is 8.82. The van der Waals surface area contributed by atoms with Crippen LogP contribution in [0.4, 0.5) is 0 Å². The van der Waals surface area contributed by atoms with Crippen LogP contribution in [0.5, 0.6) is 0 Å². The lowest BCUT2D eigenvalue weighted by atomic mass is 9.98. The van der Waals surface area contributed by atoms with E-state index in [1.807, 2.05) is 0 Å². The molecular weight excluding hydrogens is 156 g/mol. The second-order valence-electron chi connectivity index (χ2n) is 3.42. The molecule has 0 rings (SSSR count). The molecule has 0 aromatic rings. The van der Waals surface area contributed by atoms with Gasteiger partial charge in [0.25, 0.3) is 0 Å². The van der Waals surface area contributed by atoms with Gasteiger partial charge >= 0.3 is 0 Å². The van der Waals surface area contributed by atoms with Crippen molar-refractivity contribution in [2.24, 2.45) is 5.92 Å². The third kappa shape index (κ3) is 5.55. The third-order valence-corrected chi connectivity index (χ3v) is 2.84. The van der Waals surface area contributed by atoms with E-state index in [1.54, 1.807) is 0 Å². The minimum Gasteiger partial charge on any atom is -0.123 e. The number of alkyl halides is 1. The van der Waals surface area contributed by atoms with Crippen molar-refractivity contribution in [1.29, 1.82) is 0 Å². The highest BCUT2D eigenvalue weighted by Gasteiger charge is 2.11. The topological polar surface area (TPSA) is 0 Å². The molecule has 0 saturated heterocycles. The first-order valence-corrected chi connectivity index (χ1v) is 5.30. The molecule has 0 nitrogen and oxygen atoms in total. The fourth-order valence-corrected chi connectivity index (χ4v) is 1.60. The zero-order chi connectivity index (χ0) is 8.69. The van der Waals surface area contributed by atoms with Crippen LogP contribution in [0.25, 0.3) is 0 Å². The summed E-state index contributed by atoms with van der Waals surface area (Å²) in [5.74, 6) is 0.702. The van der Waals surface area contributed by atoms with E-state index in [-0.39, 0.29) is 0 Å². The van der Waals surface area contributed by atoms with Gasteiger partial charge in [0, 0.05) is 5.38 Å². The van der Waals surface area contributed by atoms with E-state index >= 15 is 0 Å². The van der Waals surface area contributed by atoms with E-state index in [9.17, 15) is 0 Å². The van der Waals surface area contributed by atoms with E-state index in [4.69, 9.17) is 11.6 Å². The van der Waals surface area contributed by atoms with Crippen molar-refractivity contribution in [2.45, 2.75) is 58.3 Å². The third-order valence-electron chi connectivity index (χ3n) is 2.19. The van der Waals surface area contributed by atoms with E-state index in [2.05, 4.69) is 20.8 Å². The smallest absolute Gasteiger partial charge is 0.0361 e. The Kier molecular flexibility index (Phi) is 7.15. The van der Waals surface area contributed by atoms with Gasteiger partial charge < -0.3 is 0 Å². The summed E-state index contributed by atoms with van der Waals surface area (Å²) < 4.78 is 0. The van der Waals surface area contributed by atoms with Crippen LogP contribution < -0.4 is 0 Å². The molecule has 68 valence electrons. The minimum atomic E-state index is 0.412. The summed E-state index contributed by atoms with van der Waals surface area (Å²) in [6, 6.07) is 0. The SMILES string of the molecule is CCCCC(Cl)C(C)CCC. The molecule has 1 heteroatoms.